The van der Waals surface area contributed by atoms with Gasteiger partial charge in [-0.1, -0.05) is 37.6 Å². The van der Waals surface area contributed by atoms with Crippen LogP contribution in [0.3, 0.4) is 0 Å². The lowest BCUT2D eigenvalue weighted by Crippen LogP contribution is -2.44. The van der Waals surface area contributed by atoms with E-state index >= 15 is 0 Å². The Morgan fingerprint density at radius 2 is 1.76 bits per heavy atom. The van der Waals surface area contributed by atoms with E-state index in [0.717, 1.165) is 0 Å². The highest BCUT2D eigenvalue weighted by molar-refractivity contribution is 6.30. The molecule has 1 N–H and O–H groups in total. The van der Waals surface area contributed by atoms with Crippen molar-refractivity contribution < 1.29 is 24.1 Å². The van der Waals surface area contributed by atoms with Crippen LogP contribution in [-0.4, -0.2) is 41.4 Å². The zero-order chi connectivity index (χ0) is 18.6. The van der Waals surface area contributed by atoms with Gasteiger partial charge in [-0.15, -0.1) is 0 Å². The van der Waals surface area contributed by atoms with E-state index in [0.29, 0.717) is 10.6 Å². The summed E-state index contributed by atoms with van der Waals surface area (Å²) >= 11 is 6.03. The Balaban J connectivity index is 2.40. The van der Waals surface area contributed by atoms with Crippen molar-refractivity contribution in [2.24, 2.45) is 0 Å². The molecule has 0 aliphatic rings. The van der Waals surface area contributed by atoms with Gasteiger partial charge in [0.05, 0.1) is 20.3 Å². The number of ether oxygens (including phenoxy) is 3. The second-order valence-corrected chi connectivity index (χ2v) is 6.24. The predicted octanol–water partition coefficient (Wildman–Crippen LogP) is 2.96. The minimum Gasteiger partial charge on any atom is -0.481 e. The van der Waals surface area contributed by atoms with Crippen LogP contribution in [0, 0.1) is 0 Å². The van der Waals surface area contributed by atoms with Gasteiger partial charge in [0.1, 0.15) is 0 Å². The van der Waals surface area contributed by atoms with E-state index in [4.69, 9.17) is 25.8 Å². The minimum absolute atomic E-state index is 0.154. The van der Waals surface area contributed by atoms with E-state index in [1.807, 2.05) is 0 Å². The molecule has 0 saturated heterocycles. The SMILES string of the molecule is COc1cc(OC)nc(OC(C(=O)O)C(C)(C)c2cccc(Cl)c2)n1. The Bertz CT molecular complexity index is 744. The maximum Gasteiger partial charge on any atom is 0.345 e. The predicted molar refractivity (Wildman–Crippen MR) is 91.7 cm³/mol. The number of nitrogens with zero attached hydrogens (tertiary/aromatic N) is 2. The van der Waals surface area contributed by atoms with E-state index < -0.39 is 17.5 Å². The number of methoxy groups -OCH3 is 2. The monoisotopic (exact) mass is 366 g/mol. The number of hydrogen-bond acceptors (Lipinski definition) is 6. The fourth-order valence-electron chi connectivity index (χ4n) is 2.30. The Labute approximate surface area is 150 Å². The van der Waals surface area contributed by atoms with Crippen molar-refractivity contribution in [2.45, 2.75) is 25.4 Å². The molecule has 0 radical (unpaired) electrons. The number of benzene rings is 1. The molecule has 1 aromatic heterocycles. The quantitative estimate of drug-likeness (QED) is 0.805. The molecule has 2 aromatic rings. The van der Waals surface area contributed by atoms with Gasteiger partial charge < -0.3 is 19.3 Å². The van der Waals surface area contributed by atoms with E-state index in [2.05, 4.69) is 9.97 Å². The van der Waals surface area contributed by atoms with Crippen LogP contribution in [0.15, 0.2) is 30.3 Å². The summed E-state index contributed by atoms with van der Waals surface area (Å²) in [6.45, 7) is 3.49. The highest BCUT2D eigenvalue weighted by Crippen LogP contribution is 2.32. The highest BCUT2D eigenvalue weighted by Gasteiger charge is 2.40. The summed E-state index contributed by atoms with van der Waals surface area (Å²) in [5, 5.41) is 10.2. The van der Waals surface area contributed by atoms with Crippen LogP contribution in [0.1, 0.15) is 19.4 Å². The molecule has 0 aliphatic heterocycles. The molecule has 1 aromatic carbocycles. The first-order valence-corrected chi connectivity index (χ1v) is 7.78. The van der Waals surface area contributed by atoms with E-state index in [1.54, 1.807) is 38.1 Å². The van der Waals surface area contributed by atoms with Crippen molar-refractivity contribution in [1.82, 2.24) is 9.97 Å². The van der Waals surface area contributed by atoms with Gasteiger partial charge in [-0.2, -0.15) is 9.97 Å². The number of carboxylic acids is 1. The Hall–Kier alpha value is -2.54. The zero-order valence-electron chi connectivity index (χ0n) is 14.3. The largest absolute Gasteiger partial charge is 0.481 e. The molecule has 0 saturated carbocycles. The summed E-state index contributed by atoms with van der Waals surface area (Å²) in [4.78, 5) is 19.9. The van der Waals surface area contributed by atoms with Crippen LogP contribution >= 0.6 is 11.6 Å². The fourth-order valence-corrected chi connectivity index (χ4v) is 2.49. The van der Waals surface area contributed by atoms with Gasteiger partial charge in [0.15, 0.2) is 0 Å². The van der Waals surface area contributed by atoms with Crippen LogP contribution < -0.4 is 14.2 Å². The Morgan fingerprint density at radius 1 is 1.16 bits per heavy atom. The molecule has 7 nitrogen and oxygen atoms in total. The van der Waals surface area contributed by atoms with Gasteiger partial charge in [0.2, 0.25) is 17.9 Å². The van der Waals surface area contributed by atoms with Crippen LogP contribution in [-0.2, 0) is 10.2 Å². The molecule has 1 heterocycles. The molecule has 0 spiro atoms. The van der Waals surface area contributed by atoms with Crippen molar-refractivity contribution in [3.05, 3.63) is 40.9 Å². The van der Waals surface area contributed by atoms with Gasteiger partial charge in [0, 0.05) is 10.4 Å². The normalized spacial score (nSPS) is 12.4. The molecule has 1 unspecified atom stereocenters. The number of rotatable bonds is 7. The summed E-state index contributed by atoms with van der Waals surface area (Å²) in [6.07, 6.45) is -1.26. The molecule has 25 heavy (non-hydrogen) atoms. The molecule has 8 heteroatoms. The topological polar surface area (TPSA) is 90.8 Å². The Morgan fingerprint density at radius 3 is 2.24 bits per heavy atom. The molecular formula is C17H19ClN2O5. The smallest absolute Gasteiger partial charge is 0.345 e. The van der Waals surface area contributed by atoms with Crippen molar-refractivity contribution in [2.75, 3.05) is 14.2 Å². The summed E-state index contributed by atoms with van der Waals surface area (Å²) in [6, 6.07) is 8.27. The zero-order valence-corrected chi connectivity index (χ0v) is 15.1. The standard InChI is InChI=1S/C17H19ClN2O5/c1-17(2,10-6-5-7-11(18)8-10)14(15(21)22)25-16-19-12(23-3)9-13(20-16)24-4/h5-9,14H,1-4H3,(H,21,22). The number of halogens is 1. The second-order valence-electron chi connectivity index (χ2n) is 5.80. The molecule has 0 aliphatic carbocycles. The summed E-state index contributed by atoms with van der Waals surface area (Å²) in [5.41, 5.74) is -0.196. The first kappa shape index (κ1) is 18.8. The van der Waals surface area contributed by atoms with E-state index in [-0.39, 0.29) is 17.8 Å². The lowest BCUT2D eigenvalue weighted by atomic mass is 9.79. The number of aliphatic carboxylic acids is 1. The second kappa shape index (κ2) is 7.57. The maximum absolute atomic E-state index is 11.8. The lowest BCUT2D eigenvalue weighted by Gasteiger charge is -2.31. The molecule has 2 rings (SSSR count). The van der Waals surface area contributed by atoms with Crippen molar-refractivity contribution >= 4 is 17.6 Å². The van der Waals surface area contributed by atoms with E-state index in [1.165, 1.54) is 20.3 Å². The average molecular weight is 367 g/mol. The number of aromatic nitrogens is 2. The number of hydrogen-bond donors (Lipinski definition) is 1. The summed E-state index contributed by atoms with van der Waals surface area (Å²) in [7, 11) is 2.85. The van der Waals surface area contributed by atoms with Gasteiger partial charge in [-0.25, -0.2) is 4.79 Å². The number of carbonyl (C=O) groups is 1. The van der Waals surface area contributed by atoms with E-state index in [9.17, 15) is 9.90 Å². The van der Waals surface area contributed by atoms with Crippen LogP contribution in [0.5, 0.6) is 17.8 Å². The summed E-state index contributed by atoms with van der Waals surface area (Å²) in [5.74, 6) is -0.756. The van der Waals surface area contributed by atoms with Crippen molar-refractivity contribution in [3.8, 4) is 17.8 Å². The minimum atomic E-state index is -1.26. The van der Waals surface area contributed by atoms with Gasteiger partial charge in [0.25, 0.3) is 0 Å². The molecule has 0 bridgehead atoms. The van der Waals surface area contributed by atoms with Crippen LogP contribution in [0.4, 0.5) is 0 Å². The summed E-state index contributed by atoms with van der Waals surface area (Å²) < 4.78 is 15.7. The number of carboxylic acid groups (broad SMARTS) is 1. The van der Waals surface area contributed by atoms with Gasteiger partial charge in [-0.3, -0.25) is 0 Å². The first-order valence-electron chi connectivity index (χ1n) is 7.40. The van der Waals surface area contributed by atoms with Crippen molar-refractivity contribution in [3.63, 3.8) is 0 Å². The van der Waals surface area contributed by atoms with Crippen LogP contribution in [0.2, 0.25) is 5.02 Å². The van der Waals surface area contributed by atoms with Gasteiger partial charge in [-0.05, 0) is 17.7 Å². The molecular weight excluding hydrogens is 348 g/mol. The Kier molecular flexibility index (Phi) is 5.69. The maximum atomic E-state index is 11.8. The molecule has 0 fully saturated rings. The third kappa shape index (κ3) is 4.30. The third-order valence-electron chi connectivity index (χ3n) is 3.75. The third-order valence-corrected chi connectivity index (χ3v) is 3.98. The molecule has 1 atom stereocenters. The van der Waals surface area contributed by atoms with Crippen LogP contribution in [0.25, 0.3) is 0 Å². The fraction of sp³-hybridized carbons (Fsp3) is 0.353. The molecule has 134 valence electrons. The van der Waals surface area contributed by atoms with Gasteiger partial charge >= 0.3 is 12.0 Å². The molecule has 0 amide bonds. The first-order chi connectivity index (χ1) is 11.8. The lowest BCUT2D eigenvalue weighted by molar-refractivity contribution is -0.148. The average Bonchev–Trinajstić information content (AvgIpc) is 2.58. The van der Waals surface area contributed by atoms with Crippen molar-refractivity contribution in [1.29, 1.82) is 0 Å². The highest BCUT2D eigenvalue weighted by atomic mass is 35.5.